The summed E-state index contributed by atoms with van der Waals surface area (Å²) in [6.45, 7) is 7.21. The molecular weight excluding hydrogens is 379 g/mol. The molecule has 7 heteroatoms. The molecule has 0 bridgehead atoms. The quantitative estimate of drug-likeness (QED) is 0.821. The second-order valence-corrected chi connectivity index (χ2v) is 10.5. The van der Waals surface area contributed by atoms with Gasteiger partial charge in [-0.2, -0.15) is 4.31 Å². The third-order valence-corrected chi connectivity index (χ3v) is 8.32. The molecule has 4 unspecified atom stereocenters. The van der Waals surface area contributed by atoms with Crippen molar-refractivity contribution in [2.75, 3.05) is 13.1 Å². The molecule has 156 valence electrons. The molecular formula is C21H31FN2O3S. The summed E-state index contributed by atoms with van der Waals surface area (Å²) in [7, 11) is -3.73. The molecule has 3 rings (SSSR count). The Morgan fingerprint density at radius 1 is 1.14 bits per heavy atom. The van der Waals surface area contributed by atoms with Crippen LogP contribution < -0.4 is 5.32 Å². The second kappa shape index (κ2) is 8.49. The Labute approximate surface area is 167 Å². The minimum Gasteiger partial charge on any atom is -0.349 e. The topological polar surface area (TPSA) is 66.5 Å². The van der Waals surface area contributed by atoms with Crippen LogP contribution in [0.3, 0.4) is 0 Å². The molecule has 1 saturated carbocycles. The molecule has 1 aromatic carbocycles. The van der Waals surface area contributed by atoms with Crippen molar-refractivity contribution in [2.24, 2.45) is 17.8 Å². The van der Waals surface area contributed by atoms with Gasteiger partial charge in [-0.1, -0.05) is 33.6 Å². The number of benzene rings is 1. The molecule has 1 aliphatic heterocycles. The zero-order valence-electron chi connectivity index (χ0n) is 16.9. The summed E-state index contributed by atoms with van der Waals surface area (Å²) in [5.41, 5.74) is -0.198. The van der Waals surface area contributed by atoms with Crippen molar-refractivity contribution >= 4 is 15.9 Å². The van der Waals surface area contributed by atoms with Crippen molar-refractivity contribution in [3.05, 3.63) is 29.6 Å². The van der Waals surface area contributed by atoms with Gasteiger partial charge in [-0.05, 0) is 55.2 Å². The standard InChI is InChI=1S/C21H31FN2O3S/c1-14-6-5-11-24(13-14)28(26,27)17-9-10-19(22)18(12-17)21(25)23-20-8-4-7-15(2)16(20)3/h9-10,12,14-16,20H,4-8,11,13H2,1-3H3,(H,23,25). The lowest BCUT2D eigenvalue weighted by atomic mass is 9.78. The van der Waals surface area contributed by atoms with Crippen molar-refractivity contribution in [3.63, 3.8) is 0 Å². The first-order valence-corrected chi connectivity index (χ1v) is 11.7. The van der Waals surface area contributed by atoms with Gasteiger partial charge in [0.1, 0.15) is 5.82 Å². The summed E-state index contributed by atoms with van der Waals surface area (Å²) in [5, 5.41) is 2.93. The number of piperidine rings is 1. The highest BCUT2D eigenvalue weighted by atomic mass is 32.2. The number of halogens is 1. The van der Waals surface area contributed by atoms with Crippen LogP contribution in [0.4, 0.5) is 4.39 Å². The molecule has 1 aromatic rings. The Morgan fingerprint density at radius 3 is 2.61 bits per heavy atom. The van der Waals surface area contributed by atoms with E-state index in [1.54, 1.807) is 0 Å². The van der Waals surface area contributed by atoms with Gasteiger partial charge in [0.05, 0.1) is 10.5 Å². The van der Waals surface area contributed by atoms with Crippen molar-refractivity contribution in [3.8, 4) is 0 Å². The summed E-state index contributed by atoms with van der Waals surface area (Å²) in [5.74, 6) is -0.131. The van der Waals surface area contributed by atoms with Gasteiger partial charge in [-0.3, -0.25) is 4.79 Å². The van der Waals surface area contributed by atoms with Gasteiger partial charge in [0.2, 0.25) is 10.0 Å². The Bertz CT molecular complexity index is 827. The molecule has 0 aromatic heterocycles. The zero-order chi connectivity index (χ0) is 20.5. The maximum atomic E-state index is 14.4. The van der Waals surface area contributed by atoms with Crippen LogP contribution in [0.25, 0.3) is 0 Å². The predicted octanol–water partition coefficient (Wildman–Crippen LogP) is 3.80. The number of hydrogen-bond acceptors (Lipinski definition) is 3. The molecule has 2 aliphatic rings. The monoisotopic (exact) mass is 410 g/mol. The number of rotatable bonds is 4. The normalized spacial score (nSPS) is 29.4. The zero-order valence-corrected chi connectivity index (χ0v) is 17.8. The highest BCUT2D eigenvalue weighted by molar-refractivity contribution is 7.89. The first-order chi connectivity index (χ1) is 13.2. The number of nitrogens with one attached hydrogen (secondary N) is 1. The number of amides is 1. The summed E-state index contributed by atoms with van der Waals surface area (Å²) in [4.78, 5) is 12.7. The number of sulfonamides is 1. The van der Waals surface area contributed by atoms with E-state index in [4.69, 9.17) is 0 Å². The molecule has 1 N–H and O–H groups in total. The lowest BCUT2D eigenvalue weighted by Crippen LogP contribution is -2.44. The molecule has 4 atom stereocenters. The van der Waals surface area contributed by atoms with E-state index < -0.39 is 21.7 Å². The predicted molar refractivity (Wildman–Crippen MR) is 107 cm³/mol. The summed E-state index contributed by atoms with van der Waals surface area (Å²) < 4.78 is 41.8. The van der Waals surface area contributed by atoms with Gasteiger partial charge in [0.15, 0.2) is 0 Å². The first kappa shape index (κ1) is 21.2. The molecule has 1 amide bonds. The van der Waals surface area contributed by atoms with Crippen molar-refractivity contribution in [1.82, 2.24) is 9.62 Å². The van der Waals surface area contributed by atoms with E-state index in [0.29, 0.717) is 30.8 Å². The lowest BCUT2D eigenvalue weighted by molar-refractivity contribution is 0.0886. The minimum atomic E-state index is -3.73. The van der Waals surface area contributed by atoms with E-state index in [1.807, 2.05) is 6.92 Å². The summed E-state index contributed by atoms with van der Waals surface area (Å²) in [6, 6.07) is 3.52. The van der Waals surface area contributed by atoms with Crippen LogP contribution >= 0.6 is 0 Å². The molecule has 1 heterocycles. The largest absolute Gasteiger partial charge is 0.349 e. The van der Waals surface area contributed by atoms with Crippen LogP contribution in [0, 0.1) is 23.6 Å². The van der Waals surface area contributed by atoms with E-state index >= 15 is 0 Å². The number of nitrogens with zero attached hydrogens (tertiary/aromatic N) is 1. The Morgan fingerprint density at radius 2 is 1.89 bits per heavy atom. The van der Waals surface area contributed by atoms with E-state index in [-0.39, 0.29) is 16.5 Å². The third kappa shape index (κ3) is 4.40. The van der Waals surface area contributed by atoms with Crippen LogP contribution in [0.5, 0.6) is 0 Å². The summed E-state index contributed by atoms with van der Waals surface area (Å²) in [6.07, 6.45) is 4.83. The smallest absolute Gasteiger partial charge is 0.254 e. The second-order valence-electron chi connectivity index (χ2n) is 8.60. The van der Waals surface area contributed by atoms with Crippen LogP contribution in [-0.2, 0) is 10.0 Å². The third-order valence-electron chi connectivity index (χ3n) is 6.46. The average Bonchev–Trinajstić information content (AvgIpc) is 2.65. The van der Waals surface area contributed by atoms with E-state index in [1.165, 1.54) is 16.4 Å². The van der Waals surface area contributed by atoms with E-state index in [9.17, 15) is 17.6 Å². The summed E-state index contributed by atoms with van der Waals surface area (Å²) >= 11 is 0. The van der Waals surface area contributed by atoms with Gasteiger partial charge in [-0.25, -0.2) is 12.8 Å². The first-order valence-electron chi connectivity index (χ1n) is 10.3. The average molecular weight is 411 g/mol. The molecule has 1 saturated heterocycles. The highest BCUT2D eigenvalue weighted by Crippen LogP contribution is 2.30. The SMILES string of the molecule is CC1CCCN(S(=O)(=O)c2ccc(F)c(C(=O)NC3CCCC(C)C3C)c2)C1. The fourth-order valence-corrected chi connectivity index (χ4v) is 6.01. The minimum absolute atomic E-state index is 0.0149. The fourth-order valence-electron chi connectivity index (χ4n) is 4.38. The Balaban J connectivity index is 1.82. The highest BCUT2D eigenvalue weighted by Gasteiger charge is 2.31. The lowest BCUT2D eigenvalue weighted by Gasteiger charge is -2.34. The van der Waals surface area contributed by atoms with E-state index in [0.717, 1.165) is 38.2 Å². The molecule has 0 spiro atoms. The maximum absolute atomic E-state index is 14.4. The number of carbonyl (C=O) groups excluding carboxylic acids is 1. The molecule has 1 aliphatic carbocycles. The van der Waals surface area contributed by atoms with Crippen LogP contribution in [0.2, 0.25) is 0 Å². The molecule has 0 radical (unpaired) electrons. The number of carbonyl (C=O) groups is 1. The van der Waals surface area contributed by atoms with Crippen LogP contribution in [0.1, 0.15) is 63.2 Å². The van der Waals surface area contributed by atoms with Crippen molar-refractivity contribution < 1.29 is 17.6 Å². The molecule has 2 fully saturated rings. The van der Waals surface area contributed by atoms with Gasteiger partial charge < -0.3 is 5.32 Å². The van der Waals surface area contributed by atoms with Crippen molar-refractivity contribution in [2.45, 2.75) is 63.8 Å². The maximum Gasteiger partial charge on any atom is 0.254 e. The molecule has 5 nitrogen and oxygen atoms in total. The van der Waals surface area contributed by atoms with Gasteiger partial charge in [0, 0.05) is 19.1 Å². The van der Waals surface area contributed by atoms with Gasteiger partial charge in [-0.15, -0.1) is 0 Å². The van der Waals surface area contributed by atoms with Gasteiger partial charge >= 0.3 is 0 Å². The van der Waals surface area contributed by atoms with Gasteiger partial charge in [0.25, 0.3) is 5.91 Å². The van der Waals surface area contributed by atoms with Crippen molar-refractivity contribution in [1.29, 1.82) is 0 Å². The Hall–Kier alpha value is -1.47. The number of hydrogen-bond donors (Lipinski definition) is 1. The fraction of sp³-hybridized carbons (Fsp3) is 0.667. The Kier molecular flexibility index (Phi) is 6.44. The molecule has 28 heavy (non-hydrogen) atoms. The van der Waals surface area contributed by atoms with Crippen LogP contribution in [0.15, 0.2) is 23.1 Å². The van der Waals surface area contributed by atoms with E-state index in [2.05, 4.69) is 19.2 Å². The van der Waals surface area contributed by atoms with Crippen LogP contribution in [-0.4, -0.2) is 37.8 Å².